The Morgan fingerprint density at radius 1 is 0.472 bits per heavy atom. The zero-order valence-corrected chi connectivity index (χ0v) is 28.0. The van der Waals surface area contributed by atoms with Gasteiger partial charge in [0.05, 0.1) is 26.1 Å². The van der Waals surface area contributed by atoms with E-state index in [4.69, 9.17) is 25.1 Å². The van der Waals surface area contributed by atoms with Gasteiger partial charge in [0, 0.05) is 27.6 Å². The number of rotatable bonds is 6. The van der Waals surface area contributed by atoms with E-state index in [0.29, 0.717) is 17.2 Å². The molecule has 8 aromatic carbocycles. The van der Waals surface area contributed by atoms with Crippen molar-refractivity contribution in [1.82, 2.24) is 9.88 Å². The average molecular weight is 690 g/mol. The molecule has 1 aliphatic heterocycles. The molecule has 2 heterocycles. The second kappa shape index (κ2) is 12.9. The van der Waals surface area contributed by atoms with Gasteiger partial charge in [-0.3, -0.25) is 0 Å². The summed E-state index contributed by atoms with van der Waals surface area (Å²) in [5, 5.41) is 5.77. The van der Waals surface area contributed by atoms with Gasteiger partial charge in [0.2, 0.25) is 0 Å². The van der Waals surface area contributed by atoms with Crippen molar-refractivity contribution in [3.05, 3.63) is 211 Å². The van der Waals surface area contributed by atoms with Gasteiger partial charge in [-0.25, -0.2) is 9.98 Å². The molecule has 0 fully saturated rings. The highest BCUT2D eigenvalue weighted by atomic mass is 15.2. The van der Waals surface area contributed by atoms with Gasteiger partial charge >= 0.3 is 0 Å². The largest absolute Gasteiger partial charge is 0.324 e. The van der Waals surface area contributed by atoms with E-state index in [1.54, 1.807) is 18.2 Å². The summed E-state index contributed by atoms with van der Waals surface area (Å²) in [5.41, 5.74) is 4.55. The monoisotopic (exact) mass is 689 g/mol. The van der Waals surface area contributed by atoms with Crippen LogP contribution in [0.2, 0.25) is 0 Å². The molecule has 0 saturated heterocycles. The molecule has 1 N–H and O–H groups in total. The molecule has 0 radical (unpaired) electrons. The lowest BCUT2D eigenvalue weighted by molar-refractivity contribution is 0.756. The lowest BCUT2D eigenvalue weighted by Crippen LogP contribution is -2.36. The molecule has 0 spiro atoms. The summed E-state index contributed by atoms with van der Waals surface area (Å²) in [6, 6.07) is 35.3. The fourth-order valence-corrected chi connectivity index (χ4v) is 6.99. The maximum absolute atomic E-state index is 9.11. The van der Waals surface area contributed by atoms with E-state index in [1.807, 2.05) is 72.8 Å². The molecule has 1 atom stereocenters. The zero-order valence-electron chi connectivity index (χ0n) is 39.0. The van der Waals surface area contributed by atoms with Crippen LogP contribution in [0, 0.1) is 0 Å². The van der Waals surface area contributed by atoms with Crippen LogP contribution >= 0.6 is 0 Å². The van der Waals surface area contributed by atoms with Crippen LogP contribution in [0.1, 0.15) is 37.9 Å². The van der Waals surface area contributed by atoms with E-state index in [2.05, 4.69) is 29.6 Å². The smallest absolute Gasteiger partial charge is 0.169 e. The number of amidine groups is 2. The first kappa shape index (κ1) is 21.4. The van der Waals surface area contributed by atoms with Crippen molar-refractivity contribution in [3.63, 3.8) is 0 Å². The van der Waals surface area contributed by atoms with E-state index in [0.717, 1.165) is 33.0 Å². The molecule has 1 aromatic heterocycles. The molecule has 1 aliphatic rings. The molecule has 0 aliphatic carbocycles. The van der Waals surface area contributed by atoms with Crippen LogP contribution in [0.5, 0.6) is 0 Å². The first-order valence-electron chi connectivity index (χ1n) is 22.6. The summed E-state index contributed by atoms with van der Waals surface area (Å²) in [7, 11) is 0. The second-order valence-corrected chi connectivity index (χ2v) is 12.6. The number of nitrogens with zero attached hydrogens (tertiary/aromatic N) is 3. The Balaban J connectivity index is 1.21. The minimum atomic E-state index is -0.742. The van der Waals surface area contributed by atoms with Crippen LogP contribution in [-0.4, -0.2) is 16.2 Å². The number of nitrogens with one attached hydrogen (secondary N) is 1. The van der Waals surface area contributed by atoms with Gasteiger partial charge in [-0.15, -0.1) is 0 Å². The van der Waals surface area contributed by atoms with E-state index in [9.17, 15) is 0 Å². The molecule has 4 heteroatoms. The minimum Gasteiger partial charge on any atom is -0.324 e. The normalized spacial score (nSPS) is 17.1. The predicted octanol–water partition coefficient (Wildman–Crippen LogP) is 11.8. The van der Waals surface area contributed by atoms with Crippen molar-refractivity contribution in [1.29, 1.82) is 0 Å². The number of aromatic nitrogens is 1. The third-order valence-electron chi connectivity index (χ3n) is 9.46. The molecular weight excluding hydrogens is 645 g/mol. The number of para-hydroxylation sites is 2. The van der Waals surface area contributed by atoms with Crippen molar-refractivity contribution in [2.45, 2.75) is 6.17 Å². The average Bonchev–Trinajstić information content (AvgIpc) is 3.69. The third-order valence-corrected chi connectivity index (χ3v) is 9.46. The van der Waals surface area contributed by atoms with Crippen LogP contribution in [0.25, 0.3) is 60.5 Å². The van der Waals surface area contributed by atoms with Crippen molar-refractivity contribution in [2.24, 2.45) is 9.98 Å². The summed E-state index contributed by atoms with van der Waals surface area (Å²) in [4.78, 5) is 10.1. The summed E-state index contributed by atoms with van der Waals surface area (Å²) in [5.74, 6) is 0.801. The second-order valence-electron chi connectivity index (χ2n) is 12.6. The van der Waals surface area contributed by atoms with Crippen molar-refractivity contribution in [2.75, 3.05) is 0 Å². The van der Waals surface area contributed by atoms with E-state index in [-0.39, 0.29) is 74.9 Å². The van der Waals surface area contributed by atoms with Gasteiger partial charge in [-0.05, 0) is 68.9 Å². The van der Waals surface area contributed by atoms with E-state index >= 15 is 0 Å². The molecule has 4 nitrogen and oxygen atoms in total. The van der Waals surface area contributed by atoms with Crippen LogP contribution in [0.4, 0.5) is 0 Å². The summed E-state index contributed by atoms with van der Waals surface area (Å²) in [6.45, 7) is 0. The Kier molecular flexibility index (Phi) is 5.21. The van der Waals surface area contributed by atoms with Gasteiger partial charge in [0.1, 0.15) is 11.7 Å². The van der Waals surface area contributed by atoms with Gasteiger partial charge in [-0.2, -0.15) is 0 Å². The highest BCUT2D eigenvalue weighted by Crippen LogP contribution is 2.35. The molecule has 9 aromatic rings. The van der Waals surface area contributed by atoms with Crippen molar-refractivity contribution in [3.8, 4) is 27.9 Å². The number of benzene rings is 8. The molecule has 250 valence electrons. The quantitative estimate of drug-likeness (QED) is 0.185. The van der Waals surface area contributed by atoms with Gasteiger partial charge in [0.15, 0.2) is 6.17 Å². The molecule has 53 heavy (non-hydrogen) atoms. The van der Waals surface area contributed by atoms with E-state index in [1.165, 1.54) is 16.7 Å². The Morgan fingerprint density at radius 3 is 1.87 bits per heavy atom. The maximum atomic E-state index is 9.11. The van der Waals surface area contributed by atoms with Crippen molar-refractivity contribution < 1.29 is 15.1 Å². The molecule has 0 saturated carbocycles. The lowest BCUT2D eigenvalue weighted by atomic mass is 9.97. The number of fused-ring (bicyclic) bond motifs is 4. The lowest BCUT2D eigenvalue weighted by Gasteiger charge is -2.23. The van der Waals surface area contributed by atoms with E-state index < -0.39 is 36.4 Å². The van der Waals surface area contributed by atoms with Gasteiger partial charge in [-0.1, -0.05) is 164 Å². The predicted molar refractivity (Wildman–Crippen MR) is 221 cm³/mol. The maximum Gasteiger partial charge on any atom is 0.169 e. The molecule has 0 bridgehead atoms. The Bertz CT molecular complexity index is 3390. The van der Waals surface area contributed by atoms with Gasteiger partial charge in [0.25, 0.3) is 0 Å². The Morgan fingerprint density at radius 2 is 1.11 bits per heavy atom. The first-order chi connectivity index (χ1) is 30.8. The Labute approximate surface area is 323 Å². The summed E-state index contributed by atoms with van der Waals surface area (Å²) in [6.07, 6.45) is -0.742. The van der Waals surface area contributed by atoms with Crippen LogP contribution < -0.4 is 5.32 Å². The van der Waals surface area contributed by atoms with Crippen LogP contribution in [0.3, 0.4) is 0 Å². The van der Waals surface area contributed by atoms with Crippen LogP contribution in [0.15, 0.2) is 204 Å². The SMILES string of the molecule is [2H]c1cc([2H])c2c(c1[2H])c1c([2H])c([2H])cc([2H])c1n2-c1cc(C2=NC(c3ccccc3)N=C(c3ccc(-c4cccc5ccccc45)cc3)N2)cc(-c2c([2H])c([2H])c([2H])c([2H])c2[2H])c1. The van der Waals surface area contributed by atoms with Gasteiger partial charge < -0.3 is 9.88 Å². The molecule has 1 unspecified atom stereocenters. The first-order valence-corrected chi connectivity index (χ1v) is 17.1. The molecular formula is C49H34N4. The zero-order chi connectivity index (χ0) is 44.7. The van der Waals surface area contributed by atoms with Crippen LogP contribution in [-0.2, 0) is 0 Å². The third kappa shape index (κ3) is 5.58. The molecule has 0 amide bonds. The molecule has 10 rings (SSSR count). The fourth-order valence-electron chi connectivity index (χ4n) is 6.99. The summed E-state index contributed by atoms with van der Waals surface area (Å²) >= 11 is 0. The number of aliphatic imine (C=N–C) groups is 2. The van der Waals surface area contributed by atoms with Crippen molar-refractivity contribution >= 4 is 44.2 Å². The Hall–Kier alpha value is -7.04. The fraction of sp³-hybridized carbons (Fsp3) is 0.0204. The number of hydrogen-bond donors (Lipinski definition) is 1. The minimum absolute atomic E-state index is 0.0495. The summed E-state index contributed by atoms with van der Waals surface area (Å²) < 4.78 is 98.0. The topological polar surface area (TPSA) is 41.7 Å². The highest BCUT2D eigenvalue weighted by Gasteiger charge is 2.22. The number of hydrogen-bond acceptors (Lipinski definition) is 3. The standard InChI is InChI=1S/C49H34N4/c1-3-14-33(15-4-1)38-30-39(32-40(31-38)53-45-24-11-9-21-43(45)44-22-10-12-25-46(44)53)49-51-47(36-17-5-2-6-18-36)50-48(52-49)37-28-26-35(27-29-37)42-23-13-19-34-16-7-8-20-41(34)42/h1-32,47H,(H,50,51,52)/i1D,3D,4D,9D,10D,14D,15D,21D,22D,24D,25D. The highest BCUT2D eigenvalue weighted by molar-refractivity contribution is 6.17.